The molecular weight excluding hydrogens is 290 g/mol. The highest BCUT2D eigenvalue weighted by Gasteiger charge is 2.37. The van der Waals surface area contributed by atoms with Crippen LogP contribution in [0.1, 0.15) is 34.1 Å². The molecule has 0 aromatic carbocycles. The van der Waals surface area contributed by atoms with Crippen LogP contribution >= 0.6 is 0 Å². The SMILES string of the molecule is CCOCC(=O)N[C@@H](CCO[Si](C)(C)C(C)(C)C)C(=O)O. The van der Waals surface area contributed by atoms with E-state index in [4.69, 9.17) is 14.3 Å². The van der Waals surface area contributed by atoms with Crippen molar-refractivity contribution in [2.24, 2.45) is 0 Å². The molecule has 7 heteroatoms. The maximum absolute atomic E-state index is 11.5. The first-order chi connectivity index (χ1) is 9.51. The summed E-state index contributed by atoms with van der Waals surface area (Å²) in [6.07, 6.45) is 0.250. The van der Waals surface area contributed by atoms with Gasteiger partial charge in [-0.15, -0.1) is 0 Å². The zero-order valence-corrected chi connectivity index (χ0v) is 15.0. The van der Waals surface area contributed by atoms with Gasteiger partial charge in [0.15, 0.2) is 8.32 Å². The van der Waals surface area contributed by atoms with Crippen LogP contribution in [0.2, 0.25) is 18.1 Å². The predicted molar refractivity (Wildman–Crippen MR) is 83.8 cm³/mol. The van der Waals surface area contributed by atoms with E-state index < -0.39 is 26.2 Å². The summed E-state index contributed by atoms with van der Waals surface area (Å²) >= 11 is 0. The van der Waals surface area contributed by atoms with Crippen LogP contribution in [0, 0.1) is 0 Å². The number of hydrogen-bond donors (Lipinski definition) is 2. The molecule has 0 fully saturated rings. The van der Waals surface area contributed by atoms with Crippen LogP contribution in [0.5, 0.6) is 0 Å². The molecule has 0 radical (unpaired) electrons. The van der Waals surface area contributed by atoms with E-state index in [0.717, 1.165) is 0 Å². The smallest absolute Gasteiger partial charge is 0.326 e. The molecule has 0 rings (SSSR count). The summed E-state index contributed by atoms with van der Waals surface area (Å²) < 4.78 is 10.9. The summed E-state index contributed by atoms with van der Waals surface area (Å²) in [4.78, 5) is 22.7. The molecule has 0 saturated heterocycles. The highest BCUT2D eigenvalue weighted by molar-refractivity contribution is 6.74. The second-order valence-corrected chi connectivity index (χ2v) is 11.3. The quantitative estimate of drug-likeness (QED) is 0.635. The van der Waals surface area contributed by atoms with Gasteiger partial charge in [-0.1, -0.05) is 20.8 Å². The second kappa shape index (κ2) is 8.50. The van der Waals surface area contributed by atoms with Crippen molar-refractivity contribution >= 4 is 20.2 Å². The van der Waals surface area contributed by atoms with Gasteiger partial charge in [-0.05, 0) is 25.1 Å². The number of carboxylic acids is 1. The fraction of sp³-hybridized carbons (Fsp3) is 0.857. The number of hydrogen-bond acceptors (Lipinski definition) is 4. The Bertz CT molecular complexity index is 352. The molecule has 0 aromatic rings. The monoisotopic (exact) mass is 319 g/mol. The first-order valence-corrected chi connectivity index (χ1v) is 10.2. The van der Waals surface area contributed by atoms with Gasteiger partial charge in [0.2, 0.25) is 5.91 Å². The van der Waals surface area contributed by atoms with Crippen molar-refractivity contribution in [2.75, 3.05) is 19.8 Å². The molecule has 1 atom stereocenters. The Hall–Kier alpha value is -0.923. The lowest BCUT2D eigenvalue weighted by atomic mass is 10.2. The Morgan fingerprint density at radius 1 is 1.29 bits per heavy atom. The van der Waals surface area contributed by atoms with E-state index in [1.807, 2.05) is 0 Å². The van der Waals surface area contributed by atoms with Gasteiger partial charge in [-0.3, -0.25) is 4.79 Å². The summed E-state index contributed by atoms with van der Waals surface area (Å²) in [6, 6.07) is -0.942. The van der Waals surface area contributed by atoms with Crippen LogP contribution in [0.4, 0.5) is 0 Å². The molecule has 0 aliphatic carbocycles. The largest absolute Gasteiger partial charge is 0.480 e. The molecule has 124 valence electrons. The fourth-order valence-electron chi connectivity index (χ4n) is 1.34. The maximum Gasteiger partial charge on any atom is 0.326 e. The summed E-state index contributed by atoms with van der Waals surface area (Å²) in [7, 11) is -1.90. The zero-order valence-electron chi connectivity index (χ0n) is 14.0. The lowest BCUT2D eigenvalue weighted by Gasteiger charge is -2.36. The normalized spacial score (nSPS) is 13.8. The van der Waals surface area contributed by atoms with E-state index in [-0.39, 0.29) is 18.1 Å². The average Bonchev–Trinajstić information content (AvgIpc) is 2.33. The number of amides is 1. The van der Waals surface area contributed by atoms with Gasteiger partial charge in [0.25, 0.3) is 0 Å². The molecule has 0 saturated carbocycles. The number of aliphatic carboxylic acids is 1. The molecule has 0 bridgehead atoms. The van der Waals surface area contributed by atoms with E-state index in [9.17, 15) is 9.59 Å². The Kier molecular flexibility index (Phi) is 8.13. The van der Waals surface area contributed by atoms with Crippen LogP contribution in [-0.2, 0) is 18.8 Å². The van der Waals surface area contributed by atoms with Crippen molar-refractivity contribution in [1.29, 1.82) is 0 Å². The molecule has 6 nitrogen and oxygen atoms in total. The van der Waals surface area contributed by atoms with Gasteiger partial charge < -0.3 is 19.6 Å². The van der Waals surface area contributed by atoms with Crippen LogP contribution in [0.15, 0.2) is 0 Å². The standard InChI is InChI=1S/C14H29NO5Si/c1-7-19-10-12(16)15-11(13(17)18)8-9-20-21(5,6)14(2,3)4/h11H,7-10H2,1-6H3,(H,15,16)(H,17,18)/t11-/m0/s1. The lowest BCUT2D eigenvalue weighted by molar-refractivity contribution is -0.142. The Morgan fingerprint density at radius 3 is 2.29 bits per heavy atom. The molecule has 21 heavy (non-hydrogen) atoms. The molecule has 0 unspecified atom stereocenters. The van der Waals surface area contributed by atoms with E-state index >= 15 is 0 Å². The van der Waals surface area contributed by atoms with Crippen molar-refractivity contribution in [2.45, 2.75) is 58.3 Å². The lowest BCUT2D eigenvalue weighted by Crippen LogP contribution is -2.45. The van der Waals surface area contributed by atoms with Gasteiger partial charge in [0.05, 0.1) is 0 Å². The van der Waals surface area contributed by atoms with Gasteiger partial charge in [-0.25, -0.2) is 4.79 Å². The van der Waals surface area contributed by atoms with E-state index in [0.29, 0.717) is 13.2 Å². The molecule has 0 spiro atoms. The summed E-state index contributed by atoms with van der Waals surface area (Å²) in [6.45, 7) is 13.0. The van der Waals surface area contributed by atoms with Crippen LogP contribution in [0.25, 0.3) is 0 Å². The Balaban J connectivity index is 4.35. The Morgan fingerprint density at radius 2 is 1.86 bits per heavy atom. The average molecular weight is 319 g/mol. The summed E-state index contributed by atoms with van der Waals surface area (Å²) in [5, 5.41) is 11.7. The first kappa shape index (κ1) is 20.1. The topological polar surface area (TPSA) is 84.9 Å². The van der Waals surface area contributed by atoms with Crippen molar-refractivity contribution < 1.29 is 23.9 Å². The molecule has 0 aliphatic rings. The van der Waals surface area contributed by atoms with Gasteiger partial charge in [-0.2, -0.15) is 0 Å². The van der Waals surface area contributed by atoms with Crippen LogP contribution in [-0.4, -0.2) is 51.2 Å². The molecule has 0 aliphatic heterocycles. The van der Waals surface area contributed by atoms with E-state index in [1.54, 1.807) is 6.92 Å². The van der Waals surface area contributed by atoms with Crippen molar-refractivity contribution in [3.63, 3.8) is 0 Å². The molecular formula is C14H29NO5Si. The molecule has 0 aromatic heterocycles. The zero-order chi connectivity index (χ0) is 16.7. The number of nitrogens with one attached hydrogen (secondary N) is 1. The number of rotatable bonds is 9. The molecule has 2 N–H and O–H groups in total. The minimum Gasteiger partial charge on any atom is -0.480 e. The number of carbonyl (C=O) groups is 2. The highest BCUT2D eigenvalue weighted by Crippen LogP contribution is 2.36. The second-order valence-electron chi connectivity index (χ2n) is 6.49. The van der Waals surface area contributed by atoms with Crippen LogP contribution < -0.4 is 5.32 Å². The highest BCUT2D eigenvalue weighted by atomic mass is 28.4. The van der Waals surface area contributed by atoms with Gasteiger partial charge in [0.1, 0.15) is 12.6 Å². The Labute approximate surface area is 128 Å². The van der Waals surface area contributed by atoms with E-state index in [2.05, 4.69) is 39.2 Å². The number of carbonyl (C=O) groups excluding carboxylic acids is 1. The maximum atomic E-state index is 11.5. The van der Waals surface area contributed by atoms with Gasteiger partial charge >= 0.3 is 5.97 Å². The van der Waals surface area contributed by atoms with Crippen molar-refractivity contribution in [3.8, 4) is 0 Å². The minimum atomic E-state index is -1.90. The molecule has 0 heterocycles. The summed E-state index contributed by atoms with van der Waals surface area (Å²) in [5.74, 6) is -1.48. The van der Waals surface area contributed by atoms with Crippen LogP contribution in [0.3, 0.4) is 0 Å². The summed E-state index contributed by atoms with van der Waals surface area (Å²) in [5.41, 5.74) is 0. The van der Waals surface area contributed by atoms with Crippen molar-refractivity contribution in [3.05, 3.63) is 0 Å². The third-order valence-electron chi connectivity index (χ3n) is 3.75. The van der Waals surface area contributed by atoms with E-state index in [1.165, 1.54) is 0 Å². The number of ether oxygens (including phenoxy) is 1. The molecule has 1 amide bonds. The predicted octanol–water partition coefficient (Wildman–Crippen LogP) is 2.00. The van der Waals surface area contributed by atoms with Crippen molar-refractivity contribution in [1.82, 2.24) is 5.32 Å². The fourth-order valence-corrected chi connectivity index (χ4v) is 2.40. The minimum absolute atomic E-state index is 0.0733. The first-order valence-electron chi connectivity index (χ1n) is 7.25. The third-order valence-corrected chi connectivity index (χ3v) is 8.28. The number of carboxylic acid groups (broad SMARTS) is 1. The third kappa shape index (κ3) is 7.59. The van der Waals surface area contributed by atoms with Gasteiger partial charge in [0, 0.05) is 19.6 Å².